The molecule has 0 aliphatic heterocycles. The minimum Gasteiger partial charge on any atom is -0.373 e. The third-order valence-corrected chi connectivity index (χ3v) is 4.41. The predicted molar refractivity (Wildman–Crippen MR) is 72.3 cm³/mol. The lowest BCUT2D eigenvalue weighted by Crippen LogP contribution is -2.14. The summed E-state index contributed by atoms with van der Waals surface area (Å²) in [6, 6.07) is 8.29. The zero-order chi connectivity index (χ0) is 13.0. The van der Waals surface area contributed by atoms with E-state index in [1.54, 1.807) is 0 Å². The van der Waals surface area contributed by atoms with Gasteiger partial charge in [0.25, 0.3) is 0 Å². The highest BCUT2D eigenvalue weighted by Gasteiger charge is 2.20. The van der Waals surface area contributed by atoms with E-state index >= 15 is 0 Å². The van der Waals surface area contributed by atoms with Crippen LogP contribution in [0.3, 0.4) is 0 Å². The maximum Gasteiger partial charge on any atom is 0.232 e. The van der Waals surface area contributed by atoms with Gasteiger partial charge in [0.1, 0.15) is 0 Å². The van der Waals surface area contributed by atoms with Crippen LogP contribution in [0.2, 0.25) is 0 Å². The van der Waals surface area contributed by atoms with Gasteiger partial charge in [0.05, 0.1) is 11.9 Å². The van der Waals surface area contributed by atoms with Crippen molar-refractivity contribution >= 4 is 19.7 Å². The van der Waals surface area contributed by atoms with E-state index in [2.05, 4.69) is 12.1 Å². The van der Waals surface area contributed by atoms with Crippen LogP contribution in [0.25, 0.3) is 0 Å². The van der Waals surface area contributed by atoms with Gasteiger partial charge < -0.3 is 4.74 Å². The van der Waals surface area contributed by atoms with Gasteiger partial charge in [-0.1, -0.05) is 24.3 Å². The van der Waals surface area contributed by atoms with Crippen molar-refractivity contribution in [3.63, 3.8) is 0 Å². The van der Waals surface area contributed by atoms with Crippen LogP contribution in [-0.4, -0.2) is 20.8 Å². The van der Waals surface area contributed by atoms with Crippen molar-refractivity contribution in [1.82, 2.24) is 0 Å². The number of hydrogen-bond acceptors (Lipinski definition) is 3. The second-order valence-corrected chi connectivity index (χ2v) is 7.44. The average molecular weight is 289 g/mol. The van der Waals surface area contributed by atoms with E-state index in [9.17, 15) is 8.42 Å². The zero-order valence-corrected chi connectivity index (χ0v) is 11.7. The number of ether oxygens (including phenoxy) is 1. The predicted octanol–water partition coefficient (Wildman–Crippen LogP) is 3.04. The van der Waals surface area contributed by atoms with Gasteiger partial charge in [0, 0.05) is 17.3 Å². The Balaban J connectivity index is 1.88. The van der Waals surface area contributed by atoms with Gasteiger partial charge in [-0.05, 0) is 36.8 Å². The highest BCUT2D eigenvalue weighted by Crippen LogP contribution is 2.32. The first-order valence-corrected chi connectivity index (χ1v) is 8.66. The molecule has 0 spiro atoms. The standard InChI is InChI=1S/C13H17ClO3S/c14-18(15,16)10-4-9-17-13-8-3-6-11-5-1-2-7-12(11)13/h1-2,5,7,13H,3-4,6,8-10H2. The Kier molecular flexibility index (Phi) is 4.65. The summed E-state index contributed by atoms with van der Waals surface area (Å²) >= 11 is 0. The Bertz CT molecular complexity index is 499. The van der Waals surface area contributed by atoms with Gasteiger partial charge in [-0.3, -0.25) is 0 Å². The summed E-state index contributed by atoms with van der Waals surface area (Å²) in [4.78, 5) is 0. The molecule has 0 saturated carbocycles. The minimum atomic E-state index is -3.40. The molecule has 3 nitrogen and oxygen atoms in total. The topological polar surface area (TPSA) is 43.4 Å². The van der Waals surface area contributed by atoms with Crippen LogP contribution in [0.1, 0.15) is 36.5 Å². The normalized spacial score (nSPS) is 19.5. The van der Waals surface area contributed by atoms with Crippen LogP contribution in [0, 0.1) is 0 Å². The molecule has 1 atom stereocenters. The Morgan fingerprint density at radius 2 is 2.11 bits per heavy atom. The molecule has 0 amide bonds. The van der Waals surface area contributed by atoms with Crippen LogP contribution in [0.4, 0.5) is 0 Å². The molecule has 0 saturated heterocycles. The van der Waals surface area contributed by atoms with E-state index in [4.69, 9.17) is 15.4 Å². The highest BCUT2D eigenvalue weighted by atomic mass is 35.7. The molecular weight excluding hydrogens is 272 g/mol. The Labute approximate surface area is 113 Å². The summed E-state index contributed by atoms with van der Waals surface area (Å²) in [5.41, 5.74) is 2.59. The van der Waals surface area contributed by atoms with Crippen molar-refractivity contribution in [3.8, 4) is 0 Å². The lowest BCUT2D eigenvalue weighted by Gasteiger charge is -2.25. The lowest BCUT2D eigenvalue weighted by molar-refractivity contribution is 0.0415. The Morgan fingerprint density at radius 1 is 1.33 bits per heavy atom. The van der Waals surface area contributed by atoms with Crippen LogP contribution in [0.5, 0.6) is 0 Å². The fourth-order valence-electron chi connectivity index (χ4n) is 2.34. The number of rotatable bonds is 5. The van der Waals surface area contributed by atoms with Gasteiger partial charge in [-0.15, -0.1) is 0 Å². The zero-order valence-electron chi connectivity index (χ0n) is 10.1. The molecule has 0 heterocycles. The Hall–Kier alpha value is -0.580. The fraction of sp³-hybridized carbons (Fsp3) is 0.538. The smallest absolute Gasteiger partial charge is 0.232 e. The van der Waals surface area contributed by atoms with Crippen molar-refractivity contribution in [2.24, 2.45) is 0 Å². The van der Waals surface area contributed by atoms with Crippen LogP contribution in [0.15, 0.2) is 24.3 Å². The highest BCUT2D eigenvalue weighted by molar-refractivity contribution is 8.13. The maximum absolute atomic E-state index is 10.8. The maximum atomic E-state index is 10.8. The van der Waals surface area contributed by atoms with E-state index in [1.165, 1.54) is 11.1 Å². The third kappa shape index (κ3) is 3.97. The van der Waals surface area contributed by atoms with E-state index in [1.807, 2.05) is 12.1 Å². The van der Waals surface area contributed by atoms with Crippen molar-refractivity contribution in [2.75, 3.05) is 12.4 Å². The molecule has 0 bridgehead atoms. The van der Waals surface area contributed by atoms with Gasteiger partial charge in [0.2, 0.25) is 9.05 Å². The molecule has 0 radical (unpaired) electrons. The number of aryl methyl sites for hydroxylation is 1. The quantitative estimate of drug-likeness (QED) is 0.618. The molecule has 1 aliphatic rings. The lowest BCUT2D eigenvalue weighted by atomic mass is 9.89. The van der Waals surface area contributed by atoms with Gasteiger partial charge in [-0.2, -0.15) is 0 Å². The van der Waals surface area contributed by atoms with Crippen molar-refractivity contribution < 1.29 is 13.2 Å². The second kappa shape index (κ2) is 6.04. The molecule has 100 valence electrons. The van der Waals surface area contributed by atoms with Crippen LogP contribution in [-0.2, 0) is 20.2 Å². The van der Waals surface area contributed by atoms with Crippen LogP contribution < -0.4 is 0 Å². The molecule has 2 rings (SSSR count). The largest absolute Gasteiger partial charge is 0.373 e. The Morgan fingerprint density at radius 3 is 2.89 bits per heavy atom. The number of hydrogen-bond donors (Lipinski definition) is 0. The molecule has 1 aromatic rings. The van der Waals surface area contributed by atoms with E-state index in [0.717, 1.165) is 19.3 Å². The summed E-state index contributed by atoms with van der Waals surface area (Å²) < 4.78 is 27.4. The first kappa shape index (κ1) is 13.8. The van der Waals surface area contributed by atoms with Gasteiger partial charge in [0.15, 0.2) is 0 Å². The molecule has 0 N–H and O–H groups in total. The molecule has 1 aliphatic carbocycles. The van der Waals surface area contributed by atoms with Crippen molar-refractivity contribution in [2.45, 2.75) is 31.8 Å². The minimum absolute atomic E-state index is 0.0249. The summed E-state index contributed by atoms with van der Waals surface area (Å²) in [6.07, 6.45) is 3.78. The summed E-state index contributed by atoms with van der Waals surface area (Å²) in [5.74, 6) is -0.0249. The summed E-state index contributed by atoms with van der Waals surface area (Å²) in [5, 5.41) is 0. The monoisotopic (exact) mass is 288 g/mol. The number of halogens is 1. The fourth-order valence-corrected chi connectivity index (χ4v) is 3.13. The first-order chi connectivity index (χ1) is 8.56. The molecule has 1 unspecified atom stereocenters. The van der Waals surface area contributed by atoms with E-state index in [-0.39, 0.29) is 11.9 Å². The van der Waals surface area contributed by atoms with Crippen molar-refractivity contribution in [1.29, 1.82) is 0 Å². The summed E-state index contributed by atoms with van der Waals surface area (Å²) in [7, 11) is 1.76. The second-order valence-electron chi connectivity index (χ2n) is 4.55. The third-order valence-electron chi connectivity index (χ3n) is 3.17. The van der Waals surface area contributed by atoms with Crippen molar-refractivity contribution in [3.05, 3.63) is 35.4 Å². The average Bonchev–Trinajstić information content (AvgIpc) is 2.33. The molecule has 5 heteroatoms. The number of benzene rings is 1. The molecule has 1 aromatic carbocycles. The van der Waals surface area contributed by atoms with E-state index in [0.29, 0.717) is 13.0 Å². The molecular formula is C13H17ClO3S. The van der Waals surface area contributed by atoms with Gasteiger partial charge >= 0.3 is 0 Å². The molecule has 0 fully saturated rings. The molecule has 18 heavy (non-hydrogen) atoms. The van der Waals surface area contributed by atoms with Crippen LogP contribution >= 0.6 is 10.7 Å². The summed E-state index contributed by atoms with van der Waals surface area (Å²) in [6.45, 7) is 0.435. The SMILES string of the molecule is O=S(=O)(Cl)CCCOC1CCCc2ccccc21. The first-order valence-electron chi connectivity index (χ1n) is 6.18. The van der Waals surface area contributed by atoms with E-state index < -0.39 is 9.05 Å². The molecule has 0 aromatic heterocycles. The van der Waals surface area contributed by atoms with Gasteiger partial charge in [-0.25, -0.2) is 8.42 Å². The number of fused-ring (bicyclic) bond motifs is 1.